The Morgan fingerprint density at radius 2 is 1.79 bits per heavy atom. The lowest BCUT2D eigenvalue weighted by molar-refractivity contribution is 0.0693. The first-order valence-electron chi connectivity index (χ1n) is 9.63. The maximum absolute atomic E-state index is 13.5. The van der Waals surface area contributed by atoms with E-state index in [-0.39, 0.29) is 22.9 Å². The molecule has 3 N–H and O–H groups in total. The van der Waals surface area contributed by atoms with Gasteiger partial charge in [-0.1, -0.05) is 42.5 Å². The molecule has 1 aliphatic heterocycles. The van der Waals surface area contributed by atoms with E-state index in [1.165, 1.54) is 9.95 Å². The summed E-state index contributed by atoms with van der Waals surface area (Å²) in [5.74, 6) is -2.19. The third-order valence-corrected chi connectivity index (χ3v) is 7.63. The molecule has 0 atom stereocenters. The number of pyridine rings is 1. The Morgan fingerprint density at radius 3 is 2.52 bits per heavy atom. The van der Waals surface area contributed by atoms with Crippen molar-refractivity contribution in [1.82, 2.24) is 4.57 Å². The number of rotatable bonds is 4. The number of anilines is 1. The molecule has 4 aromatic rings. The van der Waals surface area contributed by atoms with Crippen molar-refractivity contribution < 1.29 is 23.4 Å². The Bertz CT molecular complexity index is 1640. The van der Waals surface area contributed by atoms with Crippen LogP contribution in [0.4, 0.5) is 5.00 Å². The molecule has 0 unspecified atom stereocenters. The molecule has 166 valence electrons. The smallest absolute Gasteiger partial charge is 0.338 e. The van der Waals surface area contributed by atoms with Crippen molar-refractivity contribution in [2.75, 3.05) is 5.32 Å². The minimum absolute atomic E-state index is 0.0129. The van der Waals surface area contributed by atoms with E-state index in [1.54, 1.807) is 24.3 Å². The summed E-state index contributed by atoms with van der Waals surface area (Å²) in [6.07, 6.45) is 0. The first-order valence-corrected chi connectivity index (χ1v) is 12.0. The Kier molecular flexibility index (Phi) is 4.80. The Hall–Kier alpha value is -3.96. The number of carboxylic acids is 1. The molecule has 0 radical (unpaired) electrons. The zero-order valence-electron chi connectivity index (χ0n) is 16.7. The molecule has 33 heavy (non-hydrogen) atoms. The molecule has 5 rings (SSSR count). The Labute approximate surface area is 191 Å². The molecule has 0 amide bonds. The van der Waals surface area contributed by atoms with Crippen LogP contribution in [0.2, 0.25) is 0 Å². The highest BCUT2D eigenvalue weighted by molar-refractivity contribution is 7.90. The SMILES string of the molecule is O=C(O)c1csc2c1S(=O)(=O)N=C(c1c(O)c3ccccc3n(Cc3ccccc3)c1=O)N2. The summed E-state index contributed by atoms with van der Waals surface area (Å²) in [6.45, 7) is 0.181. The fourth-order valence-electron chi connectivity index (χ4n) is 3.77. The van der Waals surface area contributed by atoms with E-state index in [2.05, 4.69) is 9.71 Å². The van der Waals surface area contributed by atoms with Gasteiger partial charge in [-0.05, 0) is 17.7 Å². The highest BCUT2D eigenvalue weighted by atomic mass is 32.2. The van der Waals surface area contributed by atoms with Crippen molar-refractivity contribution >= 4 is 49.1 Å². The number of para-hydroxylation sites is 1. The monoisotopic (exact) mass is 481 g/mol. The highest BCUT2D eigenvalue weighted by Crippen LogP contribution is 2.38. The number of nitrogens with one attached hydrogen (secondary N) is 1. The predicted molar refractivity (Wildman–Crippen MR) is 124 cm³/mol. The number of nitrogens with zero attached hydrogens (tertiary/aromatic N) is 2. The molecule has 11 heteroatoms. The Balaban J connectivity index is 1.75. The van der Waals surface area contributed by atoms with E-state index in [1.807, 2.05) is 30.3 Å². The van der Waals surface area contributed by atoms with Crippen LogP contribution in [0.25, 0.3) is 10.9 Å². The first kappa shape index (κ1) is 20.9. The van der Waals surface area contributed by atoms with Crippen LogP contribution in [-0.4, -0.2) is 35.0 Å². The van der Waals surface area contributed by atoms with Gasteiger partial charge in [-0.2, -0.15) is 8.42 Å². The van der Waals surface area contributed by atoms with Gasteiger partial charge in [0, 0.05) is 10.8 Å². The van der Waals surface area contributed by atoms with E-state index in [0.29, 0.717) is 10.9 Å². The van der Waals surface area contributed by atoms with Gasteiger partial charge in [0.25, 0.3) is 15.6 Å². The zero-order valence-corrected chi connectivity index (χ0v) is 18.4. The molecule has 0 spiro atoms. The standard InChI is InChI=1S/C22H15N3O6S2/c26-17-13-8-4-5-9-15(13)25(10-12-6-2-1-3-7-12)21(27)16(17)19-23-20-18(33(30,31)24-19)14(11-32-20)22(28)29/h1-9,11,26H,10H2,(H,23,24)(H,28,29). The van der Waals surface area contributed by atoms with Gasteiger partial charge >= 0.3 is 5.97 Å². The molecule has 0 aliphatic carbocycles. The van der Waals surface area contributed by atoms with Crippen LogP contribution in [0.3, 0.4) is 0 Å². The average molecular weight is 482 g/mol. The molecule has 3 heterocycles. The molecule has 0 saturated heterocycles. The van der Waals surface area contributed by atoms with Crippen molar-refractivity contribution in [2.45, 2.75) is 11.4 Å². The molecule has 1 aliphatic rings. The largest absolute Gasteiger partial charge is 0.506 e. The minimum atomic E-state index is -4.43. The van der Waals surface area contributed by atoms with Gasteiger partial charge in [0.15, 0.2) is 5.84 Å². The van der Waals surface area contributed by atoms with E-state index < -0.39 is 37.8 Å². The van der Waals surface area contributed by atoms with Crippen molar-refractivity contribution in [3.63, 3.8) is 0 Å². The van der Waals surface area contributed by atoms with E-state index in [0.717, 1.165) is 16.9 Å². The van der Waals surface area contributed by atoms with Crippen LogP contribution in [0.5, 0.6) is 5.75 Å². The fourth-order valence-corrected chi connectivity index (χ4v) is 6.31. The Morgan fingerprint density at radius 1 is 1.09 bits per heavy atom. The van der Waals surface area contributed by atoms with Gasteiger partial charge in [0.05, 0.1) is 17.6 Å². The quantitative estimate of drug-likeness (QED) is 0.407. The number of amidine groups is 1. The summed E-state index contributed by atoms with van der Waals surface area (Å²) >= 11 is 0.861. The maximum Gasteiger partial charge on any atom is 0.338 e. The van der Waals surface area contributed by atoms with Crippen molar-refractivity contribution in [3.05, 3.63) is 87.0 Å². The molecular formula is C22H15N3O6S2. The molecule has 2 aromatic carbocycles. The lowest BCUT2D eigenvalue weighted by atomic mass is 10.1. The lowest BCUT2D eigenvalue weighted by Gasteiger charge is -2.19. The van der Waals surface area contributed by atoms with Gasteiger partial charge in [0.1, 0.15) is 21.2 Å². The summed E-state index contributed by atoms with van der Waals surface area (Å²) in [5.41, 5.74) is -0.0651. The first-order chi connectivity index (χ1) is 15.8. The zero-order chi connectivity index (χ0) is 23.3. The third-order valence-electron chi connectivity index (χ3n) is 5.24. The van der Waals surface area contributed by atoms with Gasteiger partial charge in [-0.25, -0.2) is 4.79 Å². The molecule has 0 bridgehead atoms. The van der Waals surface area contributed by atoms with Crippen molar-refractivity contribution in [1.29, 1.82) is 0 Å². The molecule has 9 nitrogen and oxygen atoms in total. The van der Waals surface area contributed by atoms with E-state index in [9.17, 15) is 28.2 Å². The summed E-state index contributed by atoms with van der Waals surface area (Å²) < 4.78 is 30.8. The number of hydrogen-bond donors (Lipinski definition) is 3. The highest BCUT2D eigenvalue weighted by Gasteiger charge is 2.35. The van der Waals surface area contributed by atoms with Gasteiger partial charge in [-0.3, -0.25) is 4.79 Å². The van der Waals surface area contributed by atoms with Crippen LogP contribution in [-0.2, 0) is 16.6 Å². The number of thiophene rings is 1. The normalized spacial score (nSPS) is 14.4. The second-order valence-electron chi connectivity index (χ2n) is 7.27. The molecule has 0 saturated carbocycles. The minimum Gasteiger partial charge on any atom is -0.506 e. The third kappa shape index (κ3) is 3.38. The van der Waals surface area contributed by atoms with Crippen molar-refractivity contribution in [2.24, 2.45) is 4.40 Å². The predicted octanol–water partition coefficient (Wildman–Crippen LogP) is 3.08. The van der Waals surface area contributed by atoms with Gasteiger partial charge < -0.3 is 20.1 Å². The van der Waals surface area contributed by atoms with E-state index >= 15 is 0 Å². The number of aromatic nitrogens is 1. The number of sulfonamides is 1. The van der Waals surface area contributed by atoms with Crippen LogP contribution in [0.1, 0.15) is 21.5 Å². The second kappa shape index (κ2) is 7.57. The van der Waals surface area contributed by atoms with Crippen LogP contribution < -0.4 is 10.9 Å². The van der Waals surface area contributed by atoms with Crippen LogP contribution in [0.15, 0.2) is 74.1 Å². The van der Waals surface area contributed by atoms with E-state index in [4.69, 9.17) is 0 Å². The lowest BCUT2D eigenvalue weighted by Crippen LogP contribution is -2.32. The number of carbonyl (C=O) groups is 1. The number of aromatic hydroxyl groups is 1. The molecule has 2 aromatic heterocycles. The summed E-state index contributed by atoms with van der Waals surface area (Å²) in [7, 11) is -4.43. The fraction of sp³-hybridized carbons (Fsp3) is 0.0455. The van der Waals surface area contributed by atoms with Crippen LogP contribution in [0, 0.1) is 0 Å². The maximum atomic E-state index is 13.5. The number of hydrogen-bond acceptors (Lipinski definition) is 7. The average Bonchev–Trinajstić information content (AvgIpc) is 3.23. The summed E-state index contributed by atoms with van der Waals surface area (Å²) in [4.78, 5) is 24.5. The number of benzene rings is 2. The van der Waals surface area contributed by atoms with Gasteiger partial charge in [0.2, 0.25) is 0 Å². The summed E-state index contributed by atoms with van der Waals surface area (Å²) in [6, 6.07) is 15.9. The summed E-state index contributed by atoms with van der Waals surface area (Å²) in [5, 5.41) is 24.5. The number of aromatic carboxylic acids is 1. The topological polar surface area (TPSA) is 138 Å². The van der Waals surface area contributed by atoms with Crippen molar-refractivity contribution in [3.8, 4) is 5.75 Å². The second-order valence-corrected chi connectivity index (χ2v) is 9.69. The number of carboxylic acid groups (broad SMARTS) is 1. The molecule has 0 fully saturated rings. The number of fused-ring (bicyclic) bond motifs is 2. The van der Waals surface area contributed by atoms with Crippen LogP contribution >= 0.6 is 11.3 Å². The van der Waals surface area contributed by atoms with Gasteiger partial charge in [-0.15, -0.1) is 15.7 Å². The molecular weight excluding hydrogens is 466 g/mol.